The van der Waals surface area contributed by atoms with Gasteiger partial charge in [0.25, 0.3) is 11.5 Å². The first kappa shape index (κ1) is 21.3. The highest BCUT2D eigenvalue weighted by molar-refractivity contribution is 5.94. The number of benzene rings is 2. The second-order valence-corrected chi connectivity index (χ2v) is 7.06. The predicted molar refractivity (Wildman–Crippen MR) is 120 cm³/mol. The van der Waals surface area contributed by atoms with Crippen molar-refractivity contribution in [2.24, 2.45) is 0 Å². The molecule has 164 valence electrons. The molecule has 0 aliphatic rings. The zero-order valence-corrected chi connectivity index (χ0v) is 17.8. The summed E-state index contributed by atoms with van der Waals surface area (Å²) in [6.45, 7) is 0.830. The standard InChI is InChI=1S/C23H23N5O4/c1-31-12-11-28-23(30)16-8-4-3-7-15(16)20(27-28)14-24-22(29)19-13-18(25-26-19)17-9-5-6-10-21(17)32-2/h3-10,13H,11-12,14H2,1-2H3,(H,24,29)(H,25,26). The zero-order chi connectivity index (χ0) is 22.5. The average molecular weight is 433 g/mol. The van der Waals surface area contributed by atoms with Crippen LogP contribution < -0.4 is 15.6 Å². The van der Waals surface area contributed by atoms with Crippen LogP contribution in [0, 0.1) is 0 Å². The second-order valence-electron chi connectivity index (χ2n) is 7.06. The SMILES string of the molecule is COCCn1nc(CNC(=O)c2cc(-c3ccccc3OC)n[nH]2)c2ccccc2c1=O. The molecule has 0 radical (unpaired) electrons. The minimum absolute atomic E-state index is 0.148. The molecule has 2 N–H and O–H groups in total. The minimum atomic E-state index is -0.334. The van der Waals surface area contributed by atoms with Crippen LogP contribution in [0.2, 0.25) is 0 Å². The van der Waals surface area contributed by atoms with Crippen LogP contribution in [0.5, 0.6) is 5.75 Å². The predicted octanol–water partition coefficient (Wildman–Crippen LogP) is 2.37. The van der Waals surface area contributed by atoms with Gasteiger partial charge in [-0.3, -0.25) is 14.7 Å². The van der Waals surface area contributed by atoms with E-state index in [1.165, 1.54) is 4.68 Å². The maximum Gasteiger partial charge on any atom is 0.274 e. The van der Waals surface area contributed by atoms with E-state index in [1.807, 2.05) is 36.4 Å². The van der Waals surface area contributed by atoms with E-state index in [-0.39, 0.29) is 18.0 Å². The number of fused-ring (bicyclic) bond motifs is 1. The van der Waals surface area contributed by atoms with E-state index in [2.05, 4.69) is 20.6 Å². The highest BCUT2D eigenvalue weighted by atomic mass is 16.5. The van der Waals surface area contributed by atoms with E-state index in [0.29, 0.717) is 46.8 Å². The summed E-state index contributed by atoms with van der Waals surface area (Å²) in [5.41, 5.74) is 2.09. The van der Waals surface area contributed by atoms with Crippen molar-refractivity contribution >= 4 is 16.7 Å². The van der Waals surface area contributed by atoms with Crippen molar-refractivity contribution in [3.63, 3.8) is 0 Å². The Kier molecular flexibility index (Phi) is 6.27. The summed E-state index contributed by atoms with van der Waals surface area (Å²) in [4.78, 5) is 25.4. The van der Waals surface area contributed by atoms with Crippen molar-refractivity contribution in [2.45, 2.75) is 13.1 Å². The molecule has 32 heavy (non-hydrogen) atoms. The van der Waals surface area contributed by atoms with Gasteiger partial charge in [-0.2, -0.15) is 10.2 Å². The molecule has 0 aliphatic heterocycles. The summed E-state index contributed by atoms with van der Waals surface area (Å²) in [5.74, 6) is 0.333. The molecule has 4 aromatic rings. The van der Waals surface area contributed by atoms with Crippen LogP contribution in [0.1, 0.15) is 16.2 Å². The lowest BCUT2D eigenvalue weighted by molar-refractivity contribution is 0.0945. The van der Waals surface area contributed by atoms with E-state index in [4.69, 9.17) is 9.47 Å². The highest BCUT2D eigenvalue weighted by Gasteiger charge is 2.15. The Balaban J connectivity index is 1.56. The first-order chi connectivity index (χ1) is 15.6. The van der Waals surface area contributed by atoms with Gasteiger partial charge in [-0.05, 0) is 24.3 Å². The van der Waals surface area contributed by atoms with E-state index < -0.39 is 0 Å². The second kappa shape index (κ2) is 9.44. The van der Waals surface area contributed by atoms with E-state index in [1.54, 1.807) is 32.4 Å². The van der Waals surface area contributed by atoms with Gasteiger partial charge in [-0.15, -0.1) is 0 Å². The monoisotopic (exact) mass is 433 g/mol. The maximum absolute atomic E-state index is 12.7. The lowest BCUT2D eigenvalue weighted by Gasteiger charge is -2.11. The Labute approximate surface area is 184 Å². The third kappa shape index (κ3) is 4.23. The topological polar surface area (TPSA) is 111 Å². The van der Waals surface area contributed by atoms with Crippen LogP contribution in [0.4, 0.5) is 0 Å². The molecule has 0 fully saturated rings. The molecule has 4 rings (SSSR count). The largest absolute Gasteiger partial charge is 0.496 e. The maximum atomic E-state index is 12.7. The summed E-state index contributed by atoms with van der Waals surface area (Å²) in [5, 5.41) is 15.6. The molecule has 0 atom stereocenters. The number of aromatic amines is 1. The number of H-pyrrole nitrogens is 1. The molecule has 0 bridgehead atoms. The normalized spacial score (nSPS) is 10.9. The fourth-order valence-corrected chi connectivity index (χ4v) is 3.46. The first-order valence-corrected chi connectivity index (χ1v) is 10.1. The number of amides is 1. The number of rotatable bonds is 8. The fourth-order valence-electron chi connectivity index (χ4n) is 3.46. The van der Waals surface area contributed by atoms with Gasteiger partial charge in [-0.25, -0.2) is 4.68 Å². The Morgan fingerprint density at radius 3 is 2.62 bits per heavy atom. The molecule has 0 unspecified atom stereocenters. The zero-order valence-electron chi connectivity index (χ0n) is 17.8. The van der Waals surface area contributed by atoms with Gasteiger partial charge in [0.2, 0.25) is 0 Å². The Hall–Kier alpha value is -3.98. The van der Waals surface area contributed by atoms with Crippen LogP contribution in [-0.4, -0.2) is 46.7 Å². The van der Waals surface area contributed by atoms with E-state index in [0.717, 1.165) is 5.56 Å². The number of para-hydroxylation sites is 1. The number of ether oxygens (including phenoxy) is 2. The van der Waals surface area contributed by atoms with Crippen LogP contribution in [0.25, 0.3) is 22.0 Å². The highest BCUT2D eigenvalue weighted by Crippen LogP contribution is 2.28. The molecule has 0 saturated carbocycles. The summed E-state index contributed by atoms with van der Waals surface area (Å²) in [6, 6.07) is 16.3. The minimum Gasteiger partial charge on any atom is -0.496 e. The van der Waals surface area contributed by atoms with Crippen molar-refractivity contribution < 1.29 is 14.3 Å². The molecular weight excluding hydrogens is 410 g/mol. The van der Waals surface area contributed by atoms with Crippen molar-refractivity contribution in [1.29, 1.82) is 0 Å². The average Bonchev–Trinajstić information content (AvgIpc) is 3.33. The first-order valence-electron chi connectivity index (χ1n) is 10.1. The Morgan fingerprint density at radius 2 is 1.84 bits per heavy atom. The van der Waals surface area contributed by atoms with Crippen LogP contribution in [0.15, 0.2) is 59.4 Å². The van der Waals surface area contributed by atoms with Crippen molar-refractivity contribution in [3.8, 4) is 17.0 Å². The van der Waals surface area contributed by atoms with Gasteiger partial charge in [0.05, 0.1) is 43.6 Å². The van der Waals surface area contributed by atoms with Gasteiger partial charge >= 0.3 is 0 Å². The van der Waals surface area contributed by atoms with E-state index in [9.17, 15) is 9.59 Å². The molecule has 1 amide bonds. The van der Waals surface area contributed by atoms with Gasteiger partial charge in [0.1, 0.15) is 11.4 Å². The summed E-state index contributed by atoms with van der Waals surface area (Å²) in [7, 11) is 3.15. The quantitative estimate of drug-likeness (QED) is 0.441. The fraction of sp³-hybridized carbons (Fsp3) is 0.217. The number of methoxy groups -OCH3 is 2. The summed E-state index contributed by atoms with van der Waals surface area (Å²) < 4.78 is 11.8. The number of hydrogen-bond donors (Lipinski definition) is 2. The molecule has 2 heterocycles. The van der Waals surface area contributed by atoms with Crippen molar-refractivity contribution in [3.05, 3.63) is 76.3 Å². The van der Waals surface area contributed by atoms with Crippen molar-refractivity contribution in [2.75, 3.05) is 20.8 Å². The smallest absolute Gasteiger partial charge is 0.274 e. The molecule has 0 aliphatic carbocycles. The third-order valence-electron chi connectivity index (χ3n) is 5.07. The lowest BCUT2D eigenvalue weighted by atomic mass is 10.1. The molecule has 9 nitrogen and oxygen atoms in total. The van der Waals surface area contributed by atoms with Gasteiger partial charge in [0, 0.05) is 18.1 Å². The third-order valence-corrected chi connectivity index (χ3v) is 5.07. The number of carbonyl (C=O) groups is 1. The number of aromatic nitrogens is 4. The number of carbonyl (C=O) groups excluding carboxylic acids is 1. The van der Waals surface area contributed by atoms with Gasteiger partial charge < -0.3 is 14.8 Å². The van der Waals surface area contributed by atoms with Crippen LogP contribution in [-0.2, 0) is 17.8 Å². The van der Waals surface area contributed by atoms with Crippen LogP contribution >= 0.6 is 0 Å². The Morgan fingerprint density at radius 1 is 1.09 bits per heavy atom. The van der Waals surface area contributed by atoms with Crippen LogP contribution in [0.3, 0.4) is 0 Å². The molecule has 9 heteroatoms. The number of nitrogens with one attached hydrogen (secondary N) is 2. The number of nitrogens with zero attached hydrogens (tertiary/aromatic N) is 3. The molecule has 2 aromatic heterocycles. The lowest BCUT2D eigenvalue weighted by Crippen LogP contribution is -2.29. The Bertz CT molecular complexity index is 1310. The number of hydrogen-bond acceptors (Lipinski definition) is 6. The molecule has 2 aromatic carbocycles. The summed E-state index contributed by atoms with van der Waals surface area (Å²) in [6.07, 6.45) is 0. The van der Waals surface area contributed by atoms with Crippen molar-refractivity contribution in [1.82, 2.24) is 25.3 Å². The van der Waals surface area contributed by atoms with E-state index >= 15 is 0 Å². The molecule has 0 saturated heterocycles. The van der Waals surface area contributed by atoms with Gasteiger partial charge in [0.15, 0.2) is 0 Å². The molecular formula is C23H23N5O4. The molecule has 0 spiro atoms. The summed E-state index contributed by atoms with van der Waals surface area (Å²) >= 11 is 0. The van der Waals surface area contributed by atoms with Gasteiger partial charge in [-0.1, -0.05) is 30.3 Å².